The number of methoxy groups -OCH3 is 1. The van der Waals surface area contributed by atoms with Crippen LogP contribution in [0.1, 0.15) is 27.4 Å². The lowest BCUT2D eigenvalue weighted by Gasteiger charge is -2.15. The van der Waals surface area contributed by atoms with E-state index in [9.17, 15) is 9.59 Å². The van der Waals surface area contributed by atoms with Crippen molar-refractivity contribution in [3.8, 4) is 11.1 Å². The predicted octanol–water partition coefficient (Wildman–Crippen LogP) is 5.78. The lowest BCUT2D eigenvalue weighted by molar-refractivity contribution is 0.0600. The third-order valence-corrected chi connectivity index (χ3v) is 5.09. The molecule has 154 valence electrons. The third kappa shape index (κ3) is 4.05. The molecule has 31 heavy (non-hydrogen) atoms. The number of azide groups is 1. The van der Waals surface area contributed by atoms with Crippen LogP contribution in [0.5, 0.6) is 0 Å². The fraction of sp³-hybridized carbons (Fsp3) is 0.130. The molecule has 4 rings (SSSR count). The van der Waals surface area contributed by atoms with Gasteiger partial charge in [0.2, 0.25) is 0 Å². The minimum Gasteiger partial charge on any atom is -0.465 e. The second-order valence-corrected chi connectivity index (χ2v) is 6.90. The zero-order valence-corrected chi connectivity index (χ0v) is 16.6. The van der Waals surface area contributed by atoms with E-state index in [1.165, 1.54) is 25.3 Å². The second-order valence-electron chi connectivity index (χ2n) is 6.90. The van der Waals surface area contributed by atoms with Crippen molar-refractivity contribution in [2.45, 2.75) is 5.92 Å². The Morgan fingerprint density at radius 3 is 2.29 bits per heavy atom. The van der Waals surface area contributed by atoms with Crippen LogP contribution in [-0.2, 0) is 9.47 Å². The molecule has 1 N–H and O–H groups in total. The van der Waals surface area contributed by atoms with Crippen LogP contribution in [0.2, 0.25) is 0 Å². The van der Waals surface area contributed by atoms with Crippen LogP contribution < -0.4 is 5.32 Å². The Kier molecular flexibility index (Phi) is 5.55. The van der Waals surface area contributed by atoms with E-state index in [0.717, 1.165) is 22.3 Å². The summed E-state index contributed by atoms with van der Waals surface area (Å²) in [5.41, 5.74) is 13.7. The number of rotatable bonds is 5. The number of amides is 1. The SMILES string of the molecule is COC(=O)c1cc(N=[N+]=[N-])cc(NC(=O)OCC2c3ccccc3-c3ccccc32)c1. The topological polar surface area (TPSA) is 113 Å². The van der Waals surface area contributed by atoms with Gasteiger partial charge in [0.15, 0.2) is 0 Å². The molecule has 0 heterocycles. The number of carbonyl (C=O) groups is 2. The number of carbonyl (C=O) groups excluding carboxylic acids is 2. The molecule has 0 saturated carbocycles. The Balaban J connectivity index is 1.51. The first-order chi connectivity index (χ1) is 15.1. The average molecular weight is 414 g/mol. The zero-order chi connectivity index (χ0) is 21.8. The Labute approximate surface area is 178 Å². The molecule has 1 aliphatic carbocycles. The van der Waals surface area contributed by atoms with Crippen LogP contribution in [0.15, 0.2) is 71.8 Å². The predicted molar refractivity (Wildman–Crippen MR) is 115 cm³/mol. The van der Waals surface area contributed by atoms with E-state index in [1.54, 1.807) is 0 Å². The van der Waals surface area contributed by atoms with Crippen molar-refractivity contribution in [2.24, 2.45) is 5.11 Å². The fourth-order valence-electron chi connectivity index (χ4n) is 3.78. The molecule has 0 aliphatic heterocycles. The number of nitrogens with one attached hydrogen (secondary N) is 1. The number of ether oxygens (including phenoxy) is 2. The summed E-state index contributed by atoms with van der Waals surface area (Å²) >= 11 is 0. The maximum absolute atomic E-state index is 12.5. The van der Waals surface area contributed by atoms with Crippen molar-refractivity contribution in [3.63, 3.8) is 0 Å². The zero-order valence-electron chi connectivity index (χ0n) is 16.6. The van der Waals surface area contributed by atoms with Gasteiger partial charge in [-0.1, -0.05) is 53.6 Å². The lowest BCUT2D eigenvalue weighted by Crippen LogP contribution is -2.18. The Morgan fingerprint density at radius 2 is 1.68 bits per heavy atom. The molecule has 0 aromatic heterocycles. The molecular formula is C23H18N4O4. The monoisotopic (exact) mass is 414 g/mol. The number of nitrogens with zero attached hydrogens (tertiary/aromatic N) is 3. The van der Waals surface area contributed by atoms with Crippen molar-refractivity contribution >= 4 is 23.4 Å². The van der Waals surface area contributed by atoms with Crippen LogP contribution in [0.25, 0.3) is 21.6 Å². The van der Waals surface area contributed by atoms with Gasteiger partial charge in [0.05, 0.1) is 12.7 Å². The summed E-state index contributed by atoms with van der Waals surface area (Å²) in [6.07, 6.45) is -0.684. The van der Waals surface area contributed by atoms with E-state index < -0.39 is 12.1 Å². The third-order valence-electron chi connectivity index (χ3n) is 5.09. The largest absolute Gasteiger partial charge is 0.465 e. The van der Waals surface area contributed by atoms with Crippen LogP contribution in [0, 0.1) is 0 Å². The van der Waals surface area contributed by atoms with Crippen LogP contribution in [-0.4, -0.2) is 25.8 Å². The number of hydrogen-bond donors (Lipinski definition) is 1. The minimum absolute atomic E-state index is 0.0710. The van der Waals surface area contributed by atoms with Crippen LogP contribution in [0.4, 0.5) is 16.2 Å². The van der Waals surface area contributed by atoms with Crippen molar-refractivity contribution in [1.82, 2.24) is 0 Å². The highest BCUT2D eigenvalue weighted by Crippen LogP contribution is 2.44. The quantitative estimate of drug-likeness (QED) is 0.247. The molecule has 0 spiro atoms. The molecule has 8 heteroatoms. The first-order valence-corrected chi connectivity index (χ1v) is 9.51. The first kappa shape index (κ1) is 20.0. The van der Waals surface area contributed by atoms with Crippen LogP contribution >= 0.6 is 0 Å². The van der Waals surface area contributed by atoms with E-state index in [4.69, 9.17) is 15.0 Å². The summed E-state index contributed by atoms with van der Waals surface area (Å²) in [5.74, 6) is -0.691. The normalized spacial score (nSPS) is 11.6. The minimum atomic E-state index is -0.684. The summed E-state index contributed by atoms with van der Waals surface area (Å²) in [6.45, 7) is 0.153. The Morgan fingerprint density at radius 1 is 1.03 bits per heavy atom. The van der Waals surface area contributed by atoms with E-state index in [2.05, 4.69) is 27.5 Å². The fourth-order valence-corrected chi connectivity index (χ4v) is 3.78. The van der Waals surface area contributed by atoms with Gasteiger partial charge in [0.25, 0.3) is 0 Å². The molecule has 0 bridgehead atoms. The molecule has 3 aromatic rings. The molecule has 0 radical (unpaired) electrons. The molecule has 0 fully saturated rings. The average Bonchev–Trinajstić information content (AvgIpc) is 3.11. The van der Waals surface area contributed by atoms with Crippen LogP contribution in [0.3, 0.4) is 0 Å². The molecule has 0 saturated heterocycles. The van der Waals surface area contributed by atoms with Gasteiger partial charge in [0, 0.05) is 22.2 Å². The molecular weight excluding hydrogens is 396 g/mol. The van der Waals surface area contributed by atoms with Gasteiger partial charge < -0.3 is 9.47 Å². The molecule has 0 atom stereocenters. The van der Waals surface area contributed by atoms with Crippen molar-refractivity contribution in [2.75, 3.05) is 19.0 Å². The van der Waals surface area contributed by atoms with Gasteiger partial charge in [-0.25, -0.2) is 9.59 Å². The summed E-state index contributed by atoms with van der Waals surface area (Å²) in [6, 6.07) is 20.3. The second kappa shape index (κ2) is 8.61. The van der Waals surface area contributed by atoms with Gasteiger partial charge in [-0.3, -0.25) is 5.32 Å². The van der Waals surface area contributed by atoms with Crippen molar-refractivity contribution < 1.29 is 19.1 Å². The highest BCUT2D eigenvalue weighted by Gasteiger charge is 2.29. The highest BCUT2D eigenvalue weighted by molar-refractivity contribution is 5.94. The maximum atomic E-state index is 12.5. The number of esters is 1. The van der Waals surface area contributed by atoms with E-state index in [-0.39, 0.29) is 29.5 Å². The standard InChI is InChI=1S/C23H18N4O4/c1-30-22(28)14-10-15(12-16(11-14)26-27-24)25-23(29)31-13-21-19-8-4-2-6-17(19)18-7-3-5-9-20(18)21/h2-12,21H,13H2,1H3,(H,25,29). The molecule has 1 aliphatic rings. The van der Waals surface area contributed by atoms with Gasteiger partial charge in [-0.2, -0.15) is 0 Å². The van der Waals surface area contributed by atoms with E-state index in [0.29, 0.717) is 0 Å². The van der Waals surface area contributed by atoms with Crippen molar-refractivity contribution in [3.05, 3.63) is 93.9 Å². The molecule has 0 unspecified atom stereocenters. The number of benzene rings is 3. The maximum Gasteiger partial charge on any atom is 0.411 e. The smallest absolute Gasteiger partial charge is 0.411 e. The van der Waals surface area contributed by atoms with Crippen molar-refractivity contribution in [1.29, 1.82) is 0 Å². The summed E-state index contributed by atoms with van der Waals surface area (Å²) in [4.78, 5) is 27.0. The number of hydrogen-bond acceptors (Lipinski definition) is 5. The first-order valence-electron chi connectivity index (χ1n) is 9.51. The lowest BCUT2D eigenvalue weighted by atomic mass is 9.98. The van der Waals surface area contributed by atoms with E-state index in [1.807, 2.05) is 36.4 Å². The van der Waals surface area contributed by atoms with Gasteiger partial charge in [0.1, 0.15) is 6.61 Å². The summed E-state index contributed by atoms with van der Waals surface area (Å²) in [7, 11) is 1.24. The van der Waals surface area contributed by atoms with Gasteiger partial charge in [-0.05, 0) is 46.0 Å². The Bertz CT molecular complexity index is 1170. The number of fused-ring (bicyclic) bond motifs is 3. The molecule has 3 aromatic carbocycles. The summed E-state index contributed by atoms with van der Waals surface area (Å²) in [5, 5.41) is 6.07. The highest BCUT2D eigenvalue weighted by atomic mass is 16.5. The number of anilines is 1. The van der Waals surface area contributed by atoms with E-state index >= 15 is 0 Å². The molecule has 1 amide bonds. The molecule has 8 nitrogen and oxygen atoms in total. The van der Waals surface area contributed by atoms with Gasteiger partial charge in [-0.15, -0.1) is 0 Å². The summed E-state index contributed by atoms with van der Waals surface area (Å²) < 4.78 is 10.2. The van der Waals surface area contributed by atoms with Gasteiger partial charge >= 0.3 is 12.1 Å². The Hall–Kier alpha value is -4.29.